The van der Waals surface area contributed by atoms with Crippen molar-refractivity contribution in [2.75, 3.05) is 32.7 Å². The number of nitrogens with two attached hydrogens (primary N) is 1. The third-order valence-electron chi connectivity index (χ3n) is 4.32. The second kappa shape index (κ2) is 6.45. The van der Waals surface area contributed by atoms with E-state index in [-0.39, 0.29) is 23.6 Å². The number of hydrogen-bond donors (Lipinski definition) is 2. The molecule has 0 radical (unpaired) electrons. The summed E-state index contributed by atoms with van der Waals surface area (Å²) in [5.41, 5.74) is 6.47. The third-order valence-corrected chi connectivity index (χ3v) is 4.32. The first-order valence-corrected chi connectivity index (χ1v) is 7.44. The summed E-state index contributed by atoms with van der Waals surface area (Å²) in [6.07, 6.45) is 0.257. The van der Waals surface area contributed by atoms with E-state index in [0.29, 0.717) is 12.1 Å². The lowest BCUT2D eigenvalue weighted by Crippen LogP contribution is -2.58. The van der Waals surface area contributed by atoms with Gasteiger partial charge in [-0.1, -0.05) is 18.2 Å². The van der Waals surface area contributed by atoms with E-state index >= 15 is 0 Å². The highest BCUT2D eigenvalue weighted by atomic mass is 16.3. The number of amides is 1. The summed E-state index contributed by atoms with van der Waals surface area (Å²) in [4.78, 5) is 16.5. The van der Waals surface area contributed by atoms with Crippen LogP contribution in [-0.4, -0.2) is 59.1 Å². The number of para-hydroxylation sites is 1. The van der Waals surface area contributed by atoms with Crippen LogP contribution in [0.2, 0.25) is 0 Å². The normalized spacial score (nSPS) is 17.0. The van der Waals surface area contributed by atoms with Gasteiger partial charge in [0.05, 0.1) is 6.42 Å². The molecule has 1 aromatic rings. The van der Waals surface area contributed by atoms with Crippen LogP contribution in [-0.2, 0) is 11.2 Å². The van der Waals surface area contributed by atoms with Crippen LogP contribution in [0.3, 0.4) is 0 Å². The predicted octanol–water partition coefficient (Wildman–Crippen LogP) is 0.816. The van der Waals surface area contributed by atoms with Crippen LogP contribution in [0.25, 0.3) is 0 Å². The van der Waals surface area contributed by atoms with Gasteiger partial charge in [0.15, 0.2) is 0 Å². The quantitative estimate of drug-likeness (QED) is 0.861. The predicted molar refractivity (Wildman–Crippen MR) is 83.1 cm³/mol. The largest absolute Gasteiger partial charge is 0.508 e. The maximum Gasteiger partial charge on any atom is 0.227 e. The maximum atomic E-state index is 12.3. The maximum absolute atomic E-state index is 12.3. The fourth-order valence-electron chi connectivity index (χ4n) is 2.63. The molecule has 5 heteroatoms. The van der Waals surface area contributed by atoms with Gasteiger partial charge in [0, 0.05) is 43.8 Å². The Morgan fingerprint density at radius 2 is 1.86 bits per heavy atom. The first kappa shape index (κ1) is 15.8. The lowest BCUT2D eigenvalue weighted by Gasteiger charge is -2.43. The SMILES string of the molecule is CC(C)(CN)N1CCN(C(=O)Cc2ccccc2O)CC1. The molecule has 1 aliphatic rings. The molecule has 2 rings (SSSR count). The molecule has 21 heavy (non-hydrogen) atoms. The molecule has 0 bridgehead atoms. The average Bonchev–Trinajstić information content (AvgIpc) is 2.49. The molecule has 1 aliphatic heterocycles. The third kappa shape index (κ3) is 3.74. The van der Waals surface area contributed by atoms with E-state index in [1.165, 1.54) is 0 Å². The molecule has 0 aliphatic carbocycles. The zero-order valence-electron chi connectivity index (χ0n) is 12.9. The molecule has 1 fully saturated rings. The molecule has 1 heterocycles. The van der Waals surface area contributed by atoms with E-state index in [4.69, 9.17) is 5.73 Å². The molecule has 0 aromatic heterocycles. The van der Waals surface area contributed by atoms with Crippen LogP contribution < -0.4 is 5.73 Å². The van der Waals surface area contributed by atoms with E-state index in [1.807, 2.05) is 11.0 Å². The molecule has 0 saturated carbocycles. The van der Waals surface area contributed by atoms with Gasteiger partial charge in [-0.05, 0) is 19.9 Å². The topological polar surface area (TPSA) is 69.8 Å². The second-order valence-electron chi connectivity index (χ2n) is 6.19. The zero-order chi connectivity index (χ0) is 15.5. The minimum atomic E-state index is -0.0210. The highest BCUT2D eigenvalue weighted by Gasteiger charge is 2.30. The smallest absolute Gasteiger partial charge is 0.227 e. The summed E-state index contributed by atoms with van der Waals surface area (Å²) >= 11 is 0. The van der Waals surface area contributed by atoms with Crippen LogP contribution in [0.1, 0.15) is 19.4 Å². The number of benzene rings is 1. The van der Waals surface area contributed by atoms with E-state index in [0.717, 1.165) is 26.2 Å². The Morgan fingerprint density at radius 3 is 2.43 bits per heavy atom. The summed E-state index contributed by atoms with van der Waals surface area (Å²) in [7, 11) is 0. The van der Waals surface area contributed by atoms with Gasteiger partial charge in [-0.2, -0.15) is 0 Å². The summed E-state index contributed by atoms with van der Waals surface area (Å²) < 4.78 is 0. The molecule has 0 unspecified atom stereocenters. The van der Waals surface area contributed by atoms with Crippen LogP contribution in [0, 0.1) is 0 Å². The number of carbonyl (C=O) groups excluding carboxylic acids is 1. The number of nitrogens with zero attached hydrogens (tertiary/aromatic N) is 2. The molecule has 5 nitrogen and oxygen atoms in total. The van der Waals surface area contributed by atoms with E-state index in [9.17, 15) is 9.90 Å². The van der Waals surface area contributed by atoms with Gasteiger partial charge in [0.25, 0.3) is 0 Å². The van der Waals surface area contributed by atoms with Gasteiger partial charge in [0.2, 0.25) is 5.91 Å². The first-order chi connectivity index (χ1) is 9.94. The van der Waals surface area contributed by atoms with Crippen LogP contribution in [0.15, 0.2) is 24.3 Å². The number of phenols is 1. The van der Waals surface area contributed by atoms with E-state index in [2.05, 4.69) is 18.7 Å². The number of aromatic hydroxyl groups is 1. The van der Waals surface area contributed by atoms with Gasteiger partial charge in [-0.25, -0.2) is 0 Å². The average molecular weight is 291 g/mol. The molecule has 3 N–H and O–H groups in total. The number of hydrogen-bond acceptors (Lipinski definition) is 4. The fraction of sp³-hybridized carbons (Fsp3) is 0.562. The second-order valence-corrected chi connectivity index (χ2v) is 6.19. The van der Waals surface area contributed by atoms with Crippen molar-refractivity contribution in [2.45, 2.75) is 25.8 Å². The molecular formula is C16H25N3O2. The number of carbonyl (C=O) groups is 1. The van der Waals surface area contributed by atoms with Crippen LogP contribution >= 0.6 is 0 Å². The number of phenolic OH excluding ortho intramolecular Hbond substituents is 1. The minimum Gasteiger partial charge on any atom is -0.508 e. The first-order valence-electron chi connectivity index (χ1n) is 7.44. The lowest BCUT2D eigenvalue weighted by molar-refractivity contribution is -0.133. The minimum absolute atomic E-state index is 0.0210. The van der Waals surface area contributed by atoms with Gasteiger partial charge in [-0.3, -0.25) is 9.69 Å². The Hall–Kier alpha value is -1.59. The monoisotopic (exact) mass is 291 g/mol. The lowest BCUT2D eigenvalue weighted by atomic mass is 10.0. The summed E-state index contributed by atoms with van der Waals surface area (Å²) in [5, 5.41) is 9.75. The van der Waals surface area contributed by atoms with E-state index in [1.54, 1.807) is 18.2 Å². The Kier molecular flexibility index (Phi) is 4.85. The standard InChI is InChI=1S/C16H25N3O2/c1-16(2,12-17)19-9-7-18(8-10-19)15(21)11-13-5-3-4-6-14(13)20/h3-6,20H,7-12,17H2,1-2H3. The van der Waals surface area contributed by atoms with Crippen molar-refractivity contribution in [3.8, 4) is 5.75 Å². The molecule has 0 atom stereocenters. The van der Waals surface area contributed by atoms with Gasteiger partial charge in [-0.15, -0.1) is 0 Å². The number of piperazine rings is 1. The van der Waals surface area contributed by atoms with Crippen molar-refractivity contribution in [3.63, 3.8) is 0 Å². The Labute approximate surface area is 126 Å². The molecule has 116 valence electrons. The highest BCUT2D eigenvalue weighted by molar-refractivity contribution is 5.79. The van der Waals surface area contributed by atoms with Crippen molar-refractivity contribution < 1.29 is 9.90 Å². The van der Waals surface area contributed by atoms with Crippen molar-refractivity contribution >= 4 is 5.91 Å². The molecular weight excluding hydrogens is 266 g/mol. The highest BCUT2D eigenvalue weighted by Crippen LogP contribution is 2.19. The Bertz CT molecular complexity index is 494. The summed E-state index contributed by atoms with van der Waals surface area (Å²) in [6, 6.07) is 7.01. The van der Waals surface area contributed by atoms with Crippen molar-refractivity contribution in [1.29, 1.82) is 0 Å². The molecule has 0 spiro atoms. The van der Waals surface area contributed by atoms with Crippen LogP contribution in [0.5, 0.6) is 5.75 Å². The zero-order valence-corrected chi connectivity index (χ0v) is 12.9. The molecule has 1 saturated heterocycles. The fourth-order valence-corrected chi connectivity index (χ4v) is 2.63. The molecule has 1 amide bonds. The summed E-state index contributed by atoms with van der Waals surface area (Å²) in [5.74, 6) is 0.260. The van der Waals surface area contributed by atoms with Crippen molar-refractivity contribution in [2.24, 2.45) is 5.73 Å². The van der Waals surface area contributed by atoms with E-state index < -0.39 is 0 Å². The summed E-state index contributed by atoms with van der Waals surface area (Å²) in [6.45, 7) is 8.00. The number of rotatable bonds is 4. The van der Waals surface area contributed by atoms with Crippen LogP contribution in [0.4, 0.5) is 0 Å². The Balaban J connectivity index is 1.91. The van der Waals surface area contributed by atoms with Gasteiger partial charge < -0.3 is 15.7 Å². The van der Waals surface area contributed by atoms with Gasteiger partial charge in [0.1, 0.15) is 5.75 Å². The van der Waals surface area contributed by atoms with Gasteiger partial charge >= 0.3 is 0 Å². The van der Waals surface area contributed by atoms with Crippen molar-refractivity contribution in [1.82, 2.24) is 9.80 Å². The Morgan fingerprint density at radius 1 is 1.24 bits per heavy atom. The molecule has 1 aromatic carbocycles. The van der Waals surface area contributed by atoms with Crippen molar-refractivity contribution in [3.05, 3.63) is 29.8 Å².